The molecule has 0 saturated heterocycles. The van der Waals surface area contributed by atoms with Crippen LogP contribution in [-0.2, 0) is 16.0 Å². The zero-order chi connectivity index (χ0) is 24.1. The highest BCUT2D eigenvalue weighted by molar-refractivity contribution is 6.00. The number of carbonyl (C=O) groups excluding carboxylic acids is 1. The predicted octanol–water partition coefficient (Wildman–Crippen LogP) is 4.58. The van der Waals surface area contributed by atoms with Gasteiger partial charge < -0.3 is 19.0 Å². The number of amides is 1. The predicted molar refractivity (Wildman–Crippen MR) is 125 cm³/mol. The van der Waals surface area contributed by atoms with E-state index in [0.29, 0.717) is 35.8 Å². The molecule has 3 aromatic rings. The number of carboxylic acid groups (broad SMARTS) is 1. The third-order valence-corrected chi connectivity index (χ3v) is 5.55. The Morgan fingerprint density at radius 2 is 1.85 bits per heavy atom. The minimum atomic E-state index is -1.05. The summed E-state index contributed by atoms with van der Waals surface area (Å²) in [7, 11) is 0. The quantitative estimate of drug-likeness (QED) is 0.523. The summed E-state index contributed by atoms with van der Waals surface area (Å²) in [5.41, 5.74) is 3.20. The normalized spacial score (nSPS) is 13.3. The molecule has 0 spiro atoms. The maximum Gasteiger partial charge on any atom is 0.410 e. The zero-order valence-corrected chi connectivity index (χ0v) is 19.1. The Balaban J connectivity index is 1.43. The molecule has 0 saturated carbocycles. The molecule has 34 heavy (non-hydrogen) atoms. The number of carbonyl (C=O) groups is 2. The number of ether oxygens (including phenoxy) is 2. The number of hydrogen-bond donors (Lipinski definition) is 1. The summed E-state index contributed by atoms with van der Waals surface area (Å²) in [4.78, 5) is 29.9. The molecule has 176 valence electrons. The molecule has 8 heteroatoms. The van der Waals surface area contributed by atoms with Gasteiger partial charge in [0.1, 0.15) is 11.5 Å². The summed E-state index contributed by atoms with van der Waals surface area (Å²) in [5, 5.41) is 9.64. The minimum Gasteiger partial charge on any atom is -0.493 e. The first-order valence-electron chi connectivity index (χ1n) is 11.1. The van der Waals surface area contributed by atoms with E-state index in [4.69, 9.17) is 13.9 Å². The molecule has 2 aromatic carbocycles. The highest BCUT2D eigenvalue weighted by atomic mass is 16.6. The van der Waals surface area contributed by atoms with Gasteiger partial charge in [-0.2, -0.15) is 0 Å². The Hall–Kier alpha value is -4.07. The van der Waals surface area contributed by atoms with Crippen LogP contribution in [0.2, 0.25) is 0 Å². The van der Waals surface area contributed by atoms with Crippen LogP contribution in [0, 0.1) is 6.92 Å². The van der Waals surface area contributed by atoms with E-state index in [1.54, 1.807) is 19.1 Å². The van der Waals surface area contributed by atoms with Gasteiger partial charge in [0.15, 0.2) is 0 Å². The molecular formula is C26H26N2O6. The van der Waals surface area contributed by atoms with E-state index < -0.39 is 12.1 Å². The summed E-state index contributed by atoms with van der Waals surface area (Å²) < 4.78 is 16.8. The molecule has 8 nitrogen and oxygen atoms in total. The summed E-state index contributed by atoms with van der Waals surface area (Å²) >= 11 is 0. The molecule has 4 rings (SSSR count). The SMILES string of the molecule is CCOC(=O)N1CC(C(=O)O)=C(c2cccc(OCCc3nc(-c4ccccc4)oc3C)c2)C1. The van der Waals surface area contributed by atoms with E-state index in [-0.39, 0.29) is 25.3 Å². The number of oxazole rings is 1. The third-order valence-electron chi connectivity index (χ3n) is 5.55. The molecule has 1 amide bonds. The fourth-order valence-electron chi connectivity index (χ4n) is 3.84. The van der Waals surface area contributed by atoms with Crippen molar-refractivity contribution in [2.75, 3.05) is 26.3 Å². The maximum atomic E-state index is 12.1. The standard InChI is InChI=1S/C26H26N2O6/c1-3-32-26(31)28-15-21(22(16-28)25(29)30)19-10-7-11-20(14-19)33-13-12-23-17(2)34-24(27-23)18-8-5-4-6-9-18/h4-11,14H,3,12-13,15-16H2,1-2H3,(H,29,30). The van der Waals surface area contributed by atoms with Gasteiger partial charge in [-0.05, 0) is 49.2 Å². The molecule has 1 N–H and O–H groups in total. The fraction of sp³-hybridized carbons (Fsp3) is 0.269. The Labute approximate surface area is 197 Å². The first-order valence-corrected chi connectivity index (χ1v) is 11.1. The van der Waals surface area contributed by atoms with Gasteiger partial charge in [0, 0.05) is 12.0 Å². The number of aromatic nitrogens is 1. The van der Waals surface area contributed by atoms with Crippen LogP contribution < -0.4 is 4.74 Å². The number of benzene rings is 2. The fourth-order valence-corrected chi connectivity index (χ4v) is 3.84. The van der Waals surface area contributed by atoms with Crippen LogP contribution in [0.25, 0.3) is 17.0 Å². The van der Waals surface area contributed by atoms with E-state index >= 15 is 0 Å². The number of hydrogen-bond acceptors (Lipinski definition) is 6. The van der Waals surface area contributed by atoms with Crippen LogP contribution in [0.5, 0.6) is 5.75 Å². The summed E-state index contributed by atoms with van der Waals surface area (Å²) in [5.74, 6) is 0.880. The second-order valence-corrected chi connectivity index (χ2v) is 7.83. The number of rotatable bonds is 8. The molecule has 2 heterocycles. The van der Waals surface area contributed by atoms with Gasteiger partial charge in [0.05, 0.1) is 37.6 Å². The second kappa shape index (κ2) is 10.2. The van der Waals surface area contributed by atoms with E-state index in [0.717, 1.165) is 17.0 Å². The molecule has 0 unspecified atom stereocenters. The zero-order valence-electron chi connectivity index (χ0n) is 19.1. The summed E-state index contributed by atoms with van der Waals surface area (Å²) in [6.07, 6.45) is 0.0352. The molecule has 0 fully saturated rings. The number of carboxylic acids is 1. The van der Waals surface area contributed by atoms with Crippen molar-refractivity contribution < 1.29 is 28.6 Å². The topological polar surface area (TPSA) is 102 Å². The lowest BCUT2D eigenvalue weighted by molar-refractivity contribution is -0.132. The lowest BCUT2D eigenvalue weighted by atomic mass is 10.0. The van der Waals surface area contributed by atoms with Gasteiger partial charge in [-0.15, -0.1) is 0 Å². The largest absolute Gasteiger partial charge is 0.493 e. The van der Waals surface area contributed by atoms with Crippen LogP contribution in [0.1, 0.15) is 23.9 Å². The second-order valence-electron chi connectivity index (χ2n) is 7.83. The van der Waals surface area contributed by atoms with Gasteiger partial charge in [0.2, 0.25) is 5.89 Å². The van der Waals surface area contributed by atoms with E-state index in [9.17, 15) is 14.7 Å². The van der Waals surface area contributed by atoms with E-state index in [2.05, 4.69) is 4.98 Å². The third kappa shape index (κ3) is 5.11. The van der Waals surface area contributed by atoms with Gasteiger partial charge in [-0.25, -0.2) is 14.6 Å². The number of aryl methyl sites for hydroxylation is 1. The van der Waals surface area contributed by atoms with Gasteiger partial charge in [0.25, 0.3) is 0 Å². The first kappa shape index (κ1) is 23.1. The van der Waals surface area contributed by atoms with E-state index in [1.807, 2.05) is 49.4 Å². The molecule has 1 aliphatic rings. The lowest BCUT2D eigenvalue weighted by Gasteiger charge is -2.15. The van der Waals surface area contributed by atoms with Crippen LogP contribution in [-0.4, -0.2) is 53.4 Å². The van der Waals surface area contributed by atoms with Gasteiger partial charge in [-0.1, -0.05) is 30.3 Å². The highest BCUT2D eigenvalue weighted by Crippen LogP contribution is 2.30. The van der Waals surface area contributed by atoms with Crippen molar-refractivity contribution >= 4 is 17.6 Å². The number of aliphatic carboxylic acids is 1. The Morgan fingerprint density at radius 3 is 2.59 bits per heavy atom. The molecule has 0 bridgehead atoms. The van der Waals surface area contributed by atoms with Gasteiger partial charge in [-0.3, -0.25) is 4.90 Å². The highest BCUT2D eigenvalue weighted by Gasteiger charge is 2.31. The Morgan fingerprint density at radius 1 is 1.09 bits per heavy atom. The van der Waals surface area contributed by atoms with Crippen molar-refractivity contribution in [3.8, 4) is 17.2 Å². The smallest absolute Gasteiger partial charge is 0.410 e. The van der Waals surface area contributed by atoms with Crippen LogP contribution in [0.3, 0.4) is 0 Å². The van der Waals surface area contributed by atoms with Crippen molar-refractivity contribution in [2.24, 2.45) is 0 Å². The molecule has 0 atom stereocenters. The molecule has 0 aliphatic carbocycles. The maximum absolute atomic E-state index is 12.1. The first-order chi connectivity index (χ1) is 16.5. The Kier molecular flexibility index (Phi) is 6.96. The van der Waals surface area contributed by atoms with Crippen molar-refractivity contribution in [3.63, 3.8) is 0 Å². The van der Waals surface area contributed by atoms with Crippen molar-refractivity contribution in [1.29, 1.82) is 0 Å². The molecule has 0 radical (unpaired) electrons. The summed E-state index contributed by atoms with van der Waals surface area (Å²) in [6, 6.07) is 16.9. The molecule has 1 aromatic heterocycles. The Bertz CT molecular complexity index is 1220. The van der Waals surface area contributed by atoms with Crippen molar-refractivity contribution in [2.45, 2.75) is 20.3 Å². The van der Waals surface area contributed by atoms with Gasteiger partial charge >= 0.3 is 12.1 Å². The van der Waals surface area contributed by atoms with Crippen molar-refractivity contribution in [1.82, 2.24) is 9.88 Å². The average Bonchev–Trinajstić information content (AvgIpc) is 3.45. The van der Waals surface area contributed by atoms with Crippen molar-refractivity contribution in [3.05, 3.63) is 77.2 Å². The lowest BCUT2D eigenvalue weighted by Crippen LogP contribution is -2.30. The van der Waals surface area contributed by atoms with Crippen LogP contribution >= 0.6 is 0 Å². The monoisotopic (exact) mass is 462 g/mol. The molecule has 1 aliphatic heterocycles. The van der Waals surface area contributed by atoms with Crippen LogP contribution in [0.15, 0.2) is 64.6 Å². The summed E-state index contributed by atoms with van der Waals surface area (Å²) in [6.45, 7) is 4.38. The minimum absolute atomic E-state index is 0.00374. The average molecular weight is 463 g/mol. The molecular weight excluding hydrogens is 436 g/mol. The van der Waals surface area contributed by atoms with E-state index in [1.165, 1.54) is 4.90 Å². The number of nitrogens with zero attached hydrogens (tertiary/aromatic N) is 2. The van der Waals surface area contributed by atoms with Crippen LogP contribution in [0.4, 0.5) is 4.79 Å².